The number of aromatic nitrogens is 3. The first kappa shape index (κ1) is 13.5. The Morgan fingerprint density at radius 1 is 1.53 bits per heavy atom. The van der Waals surface area contributed by atoms with Crippen molar-refractivity contribution >= 4 is 27.8 Å². The van der Waals surface area contributed by atoms with Gasteiger partial charge in [0.05, 0.1) is 4.47 Å². The number of nitrogens with two attached hydrogens (primary N) is 1. The van der Waals surface area contributed by atoms with Crippen molar-refractivity contribution in [2.45, 2.75) is 13.2 Å². The molecule has 0 aliphatic heterocycles. The van der Waals surface area contributed by atoms with E-state index in [2.05, 4.69) is 26.0 Å². The van der Waals surface area contributed by atoms with Gasteiger partial charge in [0.1, 0.15) is 25.3 Å². The minimum Gasteiger partial charge on any atom is -0.459 e. The lowest BCUT2D eigenvalue weighted by atomic mass is 10.2. The molecular weight excluding hydrogens is 319 g/mol. The van der Waals surface area contributed by atoms with Gasteiger partial charge in [0.2, 0.25) is 5.95 Å². The molecule has 0 fully saturated rings. The van der Waals surface area contributed by atoms with Gasteiger partial charge in [-0.25, -0.2) is 14.1 Å². The highest BCUT2D eigenvalue weighted by atomic mass is 79.9. The average Bonchev–Trinajstić information content (AvgIpc) is 2.76. The van der Waals surface area contributed by atoms with Gasteiger partial charge < -0.3 is 10.5 Å². The summed E-state index contributed by atoms with van der Waals surface area (Å²) in [6.45, 7) is -0.126. The average molecular weight is 329 g/mol. The molecule has 0 atom stereocenters. The summed E-state index contributed by atoms with van der Waals surface area (Å²) in [6, 6.07) is 4.52. The molecule has 8 heteroatoms. The number of hydrogen-bond donors (Lipinski definition) is 1. The van der Waals surface area contributed by atoms with E-state index in [9.17, 15) is 9.18 Å². The van der Waals surface area contributed by atoms with Gasteiger partial charge in [0.25, 0.3) is 0 Å². The number of hydrogen-bond acceptors (Lipinski definition) is 5. The number of nitrogen functional groups attached to an aromatic ring is 1. The van der Waals surface area contributed by atoms with Crippen molar-refractivity contribution in [3.8, 4) is 0 Å². The third-order valence-electron chi connectivity index (χ3n) is 2.27. The molecule has 0 aliphatic carbocycles. The van der Waals surface area contributed by atoms with E-state index < -0.39 is 11.8 Å². The zero-order valence-corrected chi connectivity index (χ0v) is 11.3. The molecule has 0 aliphatic rings. The Balaban J connectivity index is 1.91. The maximum atomic E-state index is 13.2. The van der Waals surface area contributed by atoms with Gasteiger partial charge in [-0.1, -0.05) is 12.1 Å². The third kappa shape index (κ3) is 3.50. The highest BCUT2D eigenvalue weighted by Crippen LogP contribution is 2.21. The van der Waals surface area contributed by atoms with Crippen LogP contribution < -0.4 is 5.73 Å². The quantitative estimate of drug-likeness (QED) is 0.860. The number of benzene rings is 1. The lowest BCUT2D eigenvalue weighted by Crippen LogP contribution is -2.14. The van der Waals surface area contributed by atoms with Crippen molar-refractivity contribution < 1.29 is 13.9 Å². The second-order valence-corrected chi connectivity index (χ2v) is 4.47. The first-order valence-electron chi connectivity index (χ1n) is 5.29. The molecule has 1 heterocycles. The molecule has 0 saturated carbocycles. The molecular formula is C11H10BrFN4O2. The standard InChI is InChI=1S/C11H10BrFN4O2/c12-10-7(2-1-3-8(10)13)5-19-9(18)4-17-6-15-11(14)16-17/h1-3,6H,4-5H2,(H2,14,16). The van der Waals surface area contributed by atoms with E-state index in [0.717, 1.165) is 0 Å². The number of carbonyl (C=O) groups is 1. The smallest absolute Gasteiger partial charge is 0.328 e. The summed E-state index contributed by atoms with van der Waals surface area (Å²) in [7, 11) is 0. The molecule has 2 rings (SSSR count). The fourth-order valence-corrected chi connectivity index (χ4v) is 1.76. The predicted octanol–water partition coefficient (Wildman–Crippen LogP) is 1.51. The molecule has 1 aromatic carbocycles. The Labute approximate surface area is 116 Å². The van der Waals surface area contributed by atoms with Crippen molar-refractivity contribution in [3.05, 3.63) is 40.4 Å². The van der Waals surface area contributed by atoms with Crippen LogP contribution in [0.3, 0.4) is 0 Å². The predicted molar refractivity (Wildman–Crippen MR) is 68.3 cm³/mol. The van der Waals surface area contributed by atoms with Gasteiger partial charge in [-0.2, -0.15) is 0 Å². The van der Waals surface area contributed by atoms with Crippen LogP contribution in [0.1, 0.15) is 5.56 Å². The number of esters is 1. The van der Waals surface area contributed by atoms with Crippen LogP contribution in [0.25, 0.3) is 0 Å². The summed E-state index contributed by atoms with van der Waals surface area (Å²) in [5, 5.41) is 3.75. The second-order valence-electron chi connectivity index (χ2n) is 3.67. The van der Waals surface area contributed by atoms with Gasteiger partial charge in [0, 0.05) is 5.56 Å². The van der Waals surface area contributed by atoms with Crippen LogP contribution in [0.15, 0.2) is 29.0 Å². The lowest BCUT2D eigenvalue weighted by Gasteiger charge is -2.07. The van der Waals surface area contributed by atoms with E-state index >= 15 is 0 Å². The molecule has 0 spiro atoms. The van der Waals surface area contributed by atoms with Crippen molar-refractivity contribution in [2.24, 2.45) is 0 Å². The summed E-state index contributed by atoms with van der Waals surface area (Å²) in [5.41, 5.74) is 5.86. The lowest BCUT2D eigenvalue weighted by molar-refractivity contribution is -0.145. The van der Waals surface area contributed by atoms with Crippen molar-refractivity contribution in [3.63, 3.8) is 0 Å². The van der Waals surface area contributed by atoms with Crippen LogP contribution in [0, 0.1) is 5.82 Å². The first-order chi connectivity index (χ1) is 9.06. The molecule has 0 radical (unpaired) electrons. The largest absolute Gasteiger partial charge is 0.459 e. The van der Waals surface area contributed by atoms with Crippen molar-refractivity contribution in [2.75, 3.05) is 5.73 Å². The molecule has 2 aromatic rings. The topological polar surface area (TPSA) is 83.0 Å². The summed E-state index contributed by atoms with van der Waals surface area (Å²) in [4.78, 5) is 15.2. The van der Waals surface area contributed by atoms with Gasteiger partial charge in [-0.15, -0.1) is 5.10 Å². The highest BCUT2D eigenvalue weighted by Gasteiger charge is 2.09. The van der Waals surface area contributed by atoms with Crippen molar-refractivity contribution in [1.29, 1.82) is 0 Å². The fraction of sp³-hybridized carbons (Fsp3) is 0.182. The zero-order valence-electron chi connectivity index (χ0n) is 9.72. The summed E-state index contributed by atoms with van der Waals surface area (Å²) >= 11 is 3.09. The van der Waals surface area contributed by atoms with Gasteiger partial charge in [-0.3, -0.25) is 4.79 Å². The molecule has 2 N–H and O–H groups in total. The van der Waals surface area contributed by atoms with Crippen LogP contribution in [0.5, 0.6) is 0 Å². The minimum absolute atomic E-state index is 0.0264. The van der Waals surface area contributed by atoms with Crippen molar-refractivity contribution in [1.82, 2.24) is 14.8 Å². The highest BCUT2D eigenvalue weighted by molar-refractivity contribution is 9.10. The van der Waals surface area contributed by atoms with E-state index in [1.165, 1.54) is 17.1 Å². The number of carbonyl (C=O) groups excluding carboxylic acids is 1. The molecule has 0 unspecified atom stereocenters. The molecule has 6 nitrogen and oxygen atoms in total. The SMILES string of the molecule is Nc1ncn(CC(=O)OCc2cccc(F)c2Br)n1. The third-order valence-corrected chi connectivity index (χ3v) is 3.15. The summed E-state index contributed by atoms with van der Waals surface area (Å²) in [6.07, 6.45) is 1.33. The molecule has 100 valence electrons. The Kier molecular flexibility index (Phi) is 4.10. The van der Waals surface area contributed by atoms with E-state index in [1.807, 2.05) is 0 Å². The molecule has 0 bridgehead atoms. The number of halogens is 2. The van der Waals surface area contributed by atoms with Gasteiger partial charge in [0.15, 0.2) is 0 Å². The molecule has 0 amide bonds. The Morgan fingerprint density at radius 2 is 2.32 bits per heavy atom. The Hall–Kier alpha value is -1.96. The maximum absolute atomic E-state index is 13.2. The van der Waals surface area contributed by atoms with Gasteiger partial charge in [-0.05, 0) is 22.0 Å². The van der Waals surface area contributed by atoms with E-state index in [1.54, 1.807) is 12.1 Å². The van der Waals surface area contributed by atoms with Crippen LogP contribution in [-0.4, -0.2) is 20.7 Å². The van der Waals surface area contributed by atoms with Crippen LogP contribution in [0.4, 0.5) is 10.3 Å². The maximum Gasteiger partial charge on any atom is 0.328 e. The molecule has 0 saturated heterocycles. The zero-order chi connectivity index (χ0) is 13.8. The Bertz CT molecular complexity index is 602. The van der Waals surface area contributed by atoms with Gasteiger partial charge >= 0.3 is 5.97 Å². The molecule has 19 heavy (non-hydrogen) atoms. The second kappa shape index (κ2) is 5.79. The van der Waals surface area contributed by atoms with E-state index in [0.29, 0.717) is 5.56 Å². The Morgan fingerprint density at radius 3 is 3.00 bits per heavy atom. The number of nitrogens with zero attached hydrogens (tertiary/aromatic N) is 3. The van der Waals surface area contributed by atoms with E-state index in [4.69, 9.17) is 10.5 Å². The monoisotopic (exact) mass is 328 g/mol. The van der Waals surface area contributed by atoms with Crippen LogP contribution in [0.2, 0.25) is 0 Å². The number of ether oxygens (including phenoxy) is 1. The number of anilines is 1. The fourth-order valence-electron chi connectivity index (χ4n) is 1.38. The number of rotatable bonds is 4. The van der Waals surface area contributed by atoms with Crippen LogP contribution in [-0.2, 0) is 22.7 Å². The summed E-state index contributed by atoms with van der Waals surface area (Å²) in [5.74, 6) is -0.834. The summed E-state index contributed by atoms with van der Waals surface area (Å²) < 4.78 is 19.8. The first-order valence-corrected chi connectivity index (χ1v) is 6.09. The normalized spacial score (nSPS) is 10.4. The van der Waals surface area contributed by atoms with E-state index in [-0.39, 0.29) is 23.6 Å². The van der Waals surface area contributed by atoms with Crippen LogP contribution >= 0.6 is 15.9 Å². The molecule has 1 aromatic heterocycles. The minimum atomic E-state index is -0.513.